The molecule has 0 atom stereocenters. The van der Waals surface area contributed by atoms with Crippen molar-refractivity contribution in [1.29, 1.82) is 0 Å². The van der Waals surface area contributed by atoms with Crippen LogP contribution in [0.4, 0.5) is 5.69 Å². The lowest BCUT2D eigenvalue weighted by Gasteiger charge is -2.20. The smallest absolute Gasteiger partial charge is 0.339 e. The molecule has 0 radical (unpaired) electrons. The highest BCUT2D eigenvalue weighted by Crippen LogP contribution is 2.34. The number of ether oxygens (including phenoxy) is 2. The Morgan fingerprint density at radius 2 is 1.67 bits per heavy atom. The molecule has 0 heterocycles. The summed E-state index contributed by atoms with van der Waals surface area (Å²) in [5.41, 5.74) is 2.53. The SMILES string of the molecule is C=C(C)/C(C(=O)OCCN(C)Cc1ccccc1)=C(\C(C(=O)OC)=C(C)C)c1cccc([N+](=O)[O-])c1. The van der Waals surface area contributed by atoms with Gasteiger partial charge in [0.05, 0.1) is 23.2 Å². The van der Waals surface area contributed by atoms with E-state index in [9.17, 15) is 19.7 Å². The van der Waals surface area contributed by atoms with Crippen molar-refractivity contribution in [2.45, 2.75) is 27.3 Å². The highest BCUT2D eigenvalue weighted by Gasteiger charge is 2.28. The zero-order chi connectivity index (χ0) is 26.8. The van der Waals surface area contributed by atoms with Gasteiger partial charge in [0.1, 0.15) is 6.61 Å². The summed E-state index contributed by atoms with van der Waals surface area (Å²) in [5.74, 6) is -1.36. The maximum Gasteiger partial charge on any atom is 0.339 e. The number of allylic oxidation sites excluding steroid dienone is 1. The highest BCUT2D eigenvalue weighted by molar-refractivity contribution is 6.15. The van der Waals surface area contributed by atoms with E-state index in [1.807, 2.05) is 42.3 Å². The lowest BCUT2D eigenvalue weighted by atomic mass is 9.87. The molecule has 0 fully saturated rings. The first-order valence-electron chi connectivity index (χ1n) is 11.4. The number of likely N-dealkylation sites (N-methyl/N-ethyl adjacent to an activating group) is 1. The van der Waals surface area contributed by atoms with Crippen molar-refractivity contribution in [3.05, 3.63) is 105 Å². The van der Waals surface area contributed by atoms with Crippen molar-refractivity contribution in [1.82, 2.24) is 4.90 Å². The van der Waals surface area contributed by atoms with Gasteiger partial charge < -0.3 is 9.47 Å². The van der Waals surface area contributed by atoms with E-state index in [2.05, 4.69) is 6.58 Å². The number of non-ortho nitro benzene ring substituents is 1. The van der Waals surface area contributed by atoms with Gasteiger partial charge in [0.25, 0.3) is 5.69 Å². The number of carbonyl (C=O) groups excluding carboxylic acids is 2. The van der Waals surface area contributed by atoms with Crippen molar-refractivity contribution in [2.75, 3.05) is 27.3 Å². The summed E-state index contributed by atoms with van der Waals surface area (Å²) in [7, 11) is 3.15. The number of methoxy groups -OCH3 is 1. The van der Waals surface area contributed by atoms with E-state index in [0.29, 0.717) is 29.8 Å². The number of benzene rings is 2. The van der Waals surface area contributed by atoms with Crippen LogP contribution in [0.1, 0.15) is 31.9 Å². The molecule has 0 aliphatic carbocycles. The predicted molar refractivity (Wildman–Crippen MR) is 139 cm³/mol. The summed E-state index contributed by atoms with van der Waals surface area (Å²) in [4.78, 5) is 39.0. The van der Waals surface area contributed by atoms with Crippen molar-refractivity contribution < 1.29 is 24.0 Å². The molecule has 0 unspecified atom stereocenters. The number of carbonyl (C=O) groups is 2. The minimum Gasteiger partial charge on any atom is -0.465 e. The van der Waals surface area contributed by atoms with Crippen LogP contribution in [0.2, 0.25) is 0 Å². The van der Waals surface area contributed by atoms with Crippen LogP contribution in [-0.4, -0.2) is 49.1 Å². The second-order valence-corrected chi connectivity index (χ2v) is 8.56. The number of rotatable bonds is 11. The number of nitro groups is 1. The van der Waals surface area contributed by atoms with Crippen LogP contribution >= 0.6 is 0 Å². The monoisotopic (exact) mass is 492 g/mol. The summed E-state index contributed by atoms with van der Waals surface area (Å²) in [5, 5.41) is 11.4. The first-order chi connectivity index (χ1) is 17.1. The molecule has 0 saturated heterocycles. The first kappa shape index (κ1) is 28.2. The van der Waals surface area contributed by atoms with Gasteiger partial charge in [0, 0.05) is 30.8 Å². The van der Waals surface area contributed by atoms with Gasteiger partial charge in [-0.2, -0.15) is 0 Å². The molecule has 0 aromatic heterocycles. The Bertz CT molecular complexity index is 1190. The second-order valence-electron chi connectivity index (χ2n) is 8.56. The van der Waals surface area contributed by atoms with E-state index in [0.717, 1.165) is 5.56 Å². The molecular weight excluding hydrogens is 460 g/mol. The molecule has 0 amide bonds. The molecule has 2 aromatic rings. The Labute approximate surface area is 211 Å². The lowest BCUT2D eigenvalue weighted by Crippen LogP contribution is -2.25. The van der Waals surface area contributed by atoms with Crippen molar-refractivity contribution in [2.24, 2.45) is 0 Å². The summed E-state index contributed by atoms with van der Waals surface area (Å²) >= 11 is 0. The molecule has 0 saturated carbocycles. The minimum atomic E-state index is -0.681. The molecule has 0 spiro atoms. The highest BCUT2D eigenvalue weighted by atomic mass is 16.6. The molecule has 8 nitrogen and oxygen atoms in total. The maximum atomic E-state index is 13.3. The molecule has 190 valence electrons. The largest absolute Gasteiger partial charge is 0.465 e. The molecule has 0 aliphatic rings. The van der Waals surface area contributed by atoms with E-state index < -0.39 is 16.9 Å². The Hall–Kier alpha value is -4.04. The van der Waals surface area contributed by atoms with Gasteiger partial charge in [0.15, 0.2) is 0 Å². The van der Waals surface area contributed by atoms with Crippen LogP contribution in [0.15, 0.2) is 83.5 Å². The number of hydrogen-bond acceptors (Lipinski definition) is 7. The fourth-order valence-electron chi connectivity index (χ4n) is 3.68. The predicted octanol–water partition coefficient (Wildman–Crippen LogP) is 5.11. The van der Waals surface area contributed by atoms with Crippen molar-refractivity contribution >= 4 is 23.2 Å². The third-order valence-corrected chi connectivity index (χ3v) is 5.37. The fourth-order valence-corrected chi connectivity index (χ4v) is 3.68. The molecule has 2 aromatic carbocycles. The minimum absolute atomic E-state index is 0.0582. The summed E-state index contributed by atoms with van der Waals surface area (Å²) < 4.78 is 10.6. The normalized spacial score (nSPS) is 11.4. The third kappa shape index (κ3) is 7.48. The molecule has 36 heavy (non-hydrogen) atoms. The molecule has 0 N–H and O–H groups in total. The zero-order valence-electron chi connectivity index (χ0n) is 21.4. The van der Waals surface area contributed by atoms with Gasteiger partial charge in [-0.1, -0.05) is 54.6 Å². The Balaban J connectivity index is 2.46. The van der Waals surface area contributed by atoms with Crippen LogP contribution in [-0.2, 0) is 25.6 Å². The Morgan fingerprint density at radius 1 is 1.00 bits per heavy atom. The van der Waals surface area contributed by atoms with Crippen LogP contribution in [0.3, 0.4) is 0 Å². The summed E-state index contributed by atoms with van der Waals surface area (Å²) in [6.07, 6.45) is 0. The van der Waals surface area contributed by atoms with Gasteiger partial charge in [0.2, 0.25) is 0 Å². The van der Waals surface area contributed by atoms with Crippen molar-refractivity contribution in [3.63, 3.8) is 0 Å². The lowest BCUT2D eigenvalue weighted by molar-refractivity contribution is -0.384. The average Bonchev–Trinajstić information content (AvgIpc) is 2.83. The van der Waals surface area contributed by atoms with Gasteiger partial charge >= 0.3 is 11.9 Å². The molecule has 8 heteroatoms. The Morgan fingerprint density at radius 3 is 2.22 bits per heavy atom. The van der Waals surface area contributed by atoms with Crippen LogP contribution < -0.4 is 0 Å². The van der Waals surface area contributed by atoms with Crippen LogP contribution in [0, 0.1) is 10.1 Å². The fraction of sp³-hybridized carbons (Fsp3) is 0.286. The standard InChI is InChI=1S/C28H32N2O6/c1-19(2)24(27(31)35-6)26(22-13-10-14-23(17-22)30(33)34)25(20(3)4)28(32)36-16-15-29(5)18-21-11-8-7-9-12-21/h7-14,17H,3,15-16,18H2,1-2,4-6H3/b26-25+. The average molecular weight is 493 g/mol. The first-order valence-corrected chi connectivity index (χ1v) is 11.4. The molecule has 0 bridgehead atoms. The topological polar surface area (TPSA) is 99.0 Å². The number of hydrogen-bond donors (Lipinski definition) is 0. The van der Waals surface area contributed by atoms with Crippen LogP contribution in [0.5, 0.6) is 0 Å². The number of nitro benzene ring substituents is 1. The summed E-state index contributed by atoms with van der Waals surface area (Å²) in [6.45, 7) is 10.2. The van der Waals surface area contributed by atoms with Gasteiger partial charge in [-0.3, -0.25) is 15.0 Å². The van der Waals surface area contributed by atoms with Gasteiger partial charge in [-0.25, -0.2) is 9.59 Å². The van der Waals surface area contributed by atoms with E-state index >= 15 is 0 Å². The van der Waals surface area contributed by atoms with E-state index in [-0.39, 0.29) is 29.0 Å². The number of nitrogens with zero attached hydrogens (tertiary/aromatic N) is 2. The van der Waals surface area contributed by atoms with E-state index in [1.165, 1.54) is 25.3 Å². The second kappa shape index (κ2) is 13.2. The zero-order valence-corrected chi connectivity index (χ0v) is 21.4. The molecule has 0 aliphatic heterocycles. The summed E-state index contributed by atoms with van der Waals surface area (Å²) in [6, 6.07) is 15.6. The van der Waals surface area contributed by atoms with E-state index in [4.69, 9.17) is 9.47 Å². The molecular formula is C28H32N2O6. The van der Waals surface area contributed by atoms with Crippen LogP contribution in [0.25, 0.3) is 5.57 Å². The molecule has 2 rings (SSSR count). The maximum absolute atomic E-state index is 13.3. The Kier molecular flexibility index (Phi) is 10.3. The van der Waals surface area contributed by atoms with Gasteiger partial charge in [-0.05, 0) is 44.5 Å². The van der Waals surface area contributed by atoms with Crippen molar-refractivity contribution in [3.8, 4) is 0 Å². The quantitative estimate of drug-likeness (QED) is 0.141. The van der Waals surface area contributed by atoms with Gasteiger partial charge in [-0.15, -0.1) is 0 Å². The number of esters is 2. The van der Waals surface area contributed by atoms with E-state index in [1.54, 1.807) is 26.8 Å². The third-order valence-electron chi connectivity index (χ3n) is 5.37.